The van der Waals surface area contributed by atoms with Crippen molar-refractivity contribution in [2.75, 3.05) is 33.9 Å². The number of benzene rings is 2. The second kappa shape index (κ2) is 7.52. The lowest BCUT2D eigenvalue weighted by atomic mass is 10.1. The van der Waals surface area contributed by atoms with Gasteiger partial charge in [-0.1, -0.05) is 12.2 Å². The molecule has 9 heteroatoms. The number of aromatic amines is 1. The van der Waals surface area contributed by atoms with Gasteiger partial charge in [0.05, 0.1) is 11.9 Å². The monoisotopic (exact) mass is 452 g/mol. The Kier molecular flexibility index (Phi) is 4.78. The molecule has 1 aromatic heterocycles. The highest BCUT2D eigenvalue weighted by Gasteiger charge is 2.26. The van der Waals surface area contributed by atoms with Crippen molar-refractivity contribution in [3.63, 3.8) is 0 Å². The standard InChI is InChI=1S/C23H21FN4O3S/c1-32(30,31)28-12-10-15-13-18(6-9-21(15)28)25-23(29)20-14-16-3-2-11-27(22(16)26-20)19-7-4-17(24)5-8-19/h2-9,13-14,26H,10-12H2,1H3,(H,25,29). The molecule has 0 fully saturated rings. The van der Waals surface area contributed by atoms with Gasteiger partial charge in [-0.2, -0.15) is 0 Å². The molecule has 2 aromatic carbocycles. The molecule has 0 radical (unpaired) electrons. The second-order valence-electron chi connectivity index (χ2n) is 7.86. The minimum Gasteiger partial charge on any atom is -0.337 e. The Labute approximate surface area is 185 Å². The Hall–Kier alpha value is -3.59. The molecule has 0 atom stereocenters. The summed E-state index contributed by atoms with van der Waals surface area (Å²) in [5, 5.41) is 2.88. The van der Waals surface area contributed by atoms with Gasteiger partial charge in [-0.25, -0.2) is 12.8 Å². The van der Waals surface area contributed by atoms with Crippen LogP contribution in [0.5, 0.6) is 0 Å². The van der Waals surface area contributed by atoms with E-state index in [1.807, 2.05) is 23.1 Å². The van der Waals surface area contributed by atoms with E-state index in [9.17, 15) is 17.6 Å². The molecule has 3 heterocycles. The fraction of sp³-hybridized carbons (Fsp3) is 0.174. The second-order valence-corrected chi connectivity index (χ2v) is 9.77. The molecule has 5 rings (SSSR count). The highest BCUT2D eigenvalue weighted by atomic mass is 32.2. The molecule has 2 aliphatic rings. The summed E-state index contributed by atoms with van der Waals surface area (Å²) in [6.45, 7) is 1.00. The zero-order valence-electron chi connectivity index (χ0n) is 17.3. The Balaban J connectivity index is 1.38. The number of aromatic nitrogens is 1. The third-order valence-corrected chi connectivity index (χ3v) is 6.84. The average molecular weight is 453 g/mol. The van der Waals surface area contributed by atoms with Crippen LogP contribution in [0, 0.1) is 5.82 Å². The maximum Gasteiger partial charge on any atom is 0.272 e. The third kappa shape index (κ3) is 3.64. The lowest BCUT2D eigenvalue weighted by Crippen LogP contribution is -2.27. The van der Waals surface area contributed by atoms with E-state index in [4.69, 9.17) is 0 Å². The minimum atomic E-state index is -3.32. The highest BCUT2D eigenvalue weighted by molar-refractivity contribution is 7.92. The number of hydrogen-bond donors (Lipinski definition) is 2. The van der Waals surface area contributed by atoms with Gasteiger partial charge in [0.1, 0.15) is 17.3 Å². The topological polar surface area (TPSA) is 85.5 Å². The first kappa shape index (κ1) is 20.3. The average Bonchev–Trinajstić information content (AvgIpc) is 3.38. The summed E-state index contributed by atoms with van der Waals surface area (Å²) in [5.41, 5.74) is 4.21. The molecule has 3 aromatic rings. The van der Waals surface area contributed by atoms with Gasteiger partial charge in [0, 0.05) is 30.0 Å². The van der Waals surface area contributed by atoms with Crippen LogP contribution in [0.2, 0.25) is 0 Å². The lowest BCUT2D eigenvalue weighted by Gasteiger charge is -2.25. The molecule has 0 saturated carbocycles. The van der Waals surface area contributed by atoms with Gasteiger partial charge in [0.15, 0.2) is 0 Å². The van der Waals surface area contributed by atoms with Crippen LogP contribution in [0.1, 0.15) is 21.6 Å². The number of fused-ring (bicyclic) bond motifs is 2. The first-order valence-corrected chi connectivity index (χ1v) is 12.0. The number of nitrogens with one attached hydrogen (secondary N) is 2. The Morgan fingerprint density at radius 2 is 1.91 bits per heavy atom. The molecule has 7 nitrogen and oxygen atoms in total. The van der Waals surface area contributed by atoms with Crippen molar-refractivity contribution in [1.82, 2.24) is 4.98 Å². The SMILES string of the molecule is CS(=O)(=O)N1CCc2cc(NC(=O)c3cc4c([nH]3)N(c3ccc(F)cc3)CC=C4)ccc21. The van der Waals surface area contributed by atoms with E-state index in [0.717, 1.165) is 22.6 Å². The van der Waals surface area contributed by atoms with Crippen molar-refractivity contribution in [3.8, 4) is 0 Å². The molecule has 0 saturated heterocycles. The predicted octanol–water partition coefficient (Wildman–Crippen LogP) is 3.89. The van der Waals surface area contributed by atoms with Gasteiger partial charge in [0.25, 0.3) is 5.91 Å². The number of sulfonamides is 1. The third-order valence-electron chi connectivity index (χ3n) is 5.66. The van der Waals surface area contributed by atoms with Gasteiger partial charge in [-0.15, -0.1) is 0 Å². The fourth-order valence-electron chi connectivity index (χ4n) is 4.16. The summed E-state index contributed by atoms with van der Waals surface area (Å²) >= 11 is 0. The minimum absolute atomic E-state index is 0.301. The quantitative estimate of drug-likeness (QED) is 0.629. The molecule has 2 aliphatic heterocycles. The fourth-order valence-corrected chi connectivity index (χ4v) is 5.11. The van der Waals surface area contributed by atoms with Crippen molar-refractivity contribution >= 4 is 44.9 Å². The largest absolute Gasteiger partial charge is 0.337 e. The van der Waals surface area contributed by atoms with E-state index in [1.165, 1.54) is 22.7 Å². The molecule has 2 N–H and O–H groups in total. The van der Waals surface area contributed by atoms with Crippen molar-refractivity contribution in [1.29, 1.82) is 0 Å². The van der Waals surface area contributed by atoms with Crippen LogP contribution in [0.15, 0.2) is 54.6 Å². The van der Waals surface area contributed by atoms with Crippen molar-refractivity contribution in [2.24, 2.45) is 0 Å². The number of H-pyrrole nitrogens is 1. The van der Waals surface area contributed by atoms with E-state index in [2.05, 4.69) is 10.3 Å². The molecular formula is C23H21FN4O3S. The maximum atomic E-state index is 13.3. The molecule has 0 unspecified atom stereocenters. The van der Waals surface area contributed by atoms with Gasteiger partial charge in [0.2, 0.25) is 10.0 Å². The summed E-state index contributed by atoms with van der Waals surface area (Å²) < 4.78 is 38.5. The van der Waals surface area contributed by atoms with Gasteiger partial charge < -0.3 is 15.2 Å². The summed E-state index contributed by atoms with van der Waals surface area (Å²) in [7, 11) is -3.32. The van der Waals surface area contributed by atoms with Crippen LogP contribution in [0.3, 0.4) is 0 Å². The first-order valence-electron chi connectivity index (χ1n) is 10.1. The maximum absolute atomic E-state index is 13.3. The Morgan fingerprint density at radius 3 is 2.66 bits per heavy atom. The Bertz CT molecular complexity index is 1350. The predicted molar refractivity (Wildman–Crippen MR) is 124 cm³/mol. The zero-order chi connectivity index (χ0) is 22.5. The van der Waals surface area contributed by atoms with Crippen molar-refractivity contribution in [3.05, 3.63) is 77.2 Å². The lowest BCUT2D eigenvalue weighted by molar-refractivity contribution is 0.102. The molecule has 0 bridgehead atoms. The van der Waals surface area contributed by atoms with Crippen LogP contribution in [-0.4, -0.2) is 38.7 Å². The first-order chi connectivity index (χ1) is 15.3. The summed E-state index contributed by atoms with van der Waals surface area (Å²) in [6, 6.07) is 13.2. The summed E-state index contributed by atoms with van der Waals surface area (Å²) in [4.78, 5) is 18.1. The number of carbonyl (C=O) groups excluding carboxylic acids is 1. The van der Waals surface area contributed by atoms with Crippen LogP contribution in [0.25, 0.3) is 6.08 Å². The van der Waals surface area contributed by atoms with E-state index >= 15 is 0 Å². The number of halogens is 1. The summed E-state index contributed by atoms with van der Waals surface area (Å²) in [6.07, 6.45) is 5.71. The van der Waals surface area contributed by atoms with E-state index in [0.29, 0.717) is 36.6 Å². The van der Waals surface area contributed by atoms with Crippen LogP contribution >= 0.6 is 0 Å². The smallest absolute Gasteiger partial charge is 0.272 e. The number of carbonyl (C=O) groups is 1. The van der Waals surface area contributed by atoms with Crippen LogP contribution in [0.4, 0.5) is 27.3 Å². The normalized spacial score (nSPS) is 14.9. The molecule has 0 aliphatic carbocycles. The van der Waals surface area contributed by atoms with Gasteiger partial charge >= 0.3 is 0 Å². The zero-order valence-corrected chi connectivity index (χ0v) is 18.1. The molecular weight excluding hydrogens is 431 g/mol. The van der Waals surface area contributed by atoms with Gasteiger partial charge in [-0.05, 0) is 60.5 Å². The number of anilines is 4. The molecule has 164 valence electrons. The number of rotatable bonds is 4. The van der Waals surface area contributed by atoms with Gasteiger partial charge in [-0.3, -0.25) is 9.10 Å². The summed E-state index contributed by atoms with van der Waals surface area (Å²) in [5.74, 6) is 0.161. The molecule has 0 spiro atoms. The van der Waals surface area contributed by atoms with Crippen LogP contribution < -0.4 is 14.5 Å². The molecule has 1 amide bonds. The van der Waals surface area contributed by atoms with Crippen LogP contribution in [-0.2, 0) is 16.4 Å². The van der Waals surface area contributed by atoms with Crippen molar-refractivity contribution in [2.45, 2.75) is 6.42 Å². The van der Waals surface area contributed by atoms with E-state index < -0.39 is 10.0 Å². The number of amides is 1. The number of nitrogens with zero attached hydrogens (tertiary/aromatic N) is 2. The molecule has 32 heavy (non-hydrogen) atoms. The number of hydrogen-bond acceptors (Lipinski definition) is 4. The van der Waals surface area contributed by atoms with E-state index in [1.54, 1.807) is 30.3 Å². The van der Waals surface area contributed by atoms with Crippen molar-refractivity contribution < 1.29 is 17.6 Å². The Morgan fingerprint density at radius 1 is 1.12 bits per heavy atom. The van der Waals surface area contributed by atoms with E-state index in [-0.39, 0.29) is 11.7 Å². The highest BCUT2D eigenvalue weighted by Crippen LogP contribution is 2.34.